The molecule has 1 fully saturated rings. The van der Waals surface area contributed by atoms with Crippen molar-refractivity contribution in [3.8, 4) is 0 Å². The zero-order chi connectivity index (χ0) is 17.6. The van der Waals surface area contributed by atoms with Gasteiger partial charge in [-0.15, -0.1) is 0 Å². The van der Waals surface area contributed by atoms with E-state index >= 15 is 0 Å². The van der Waals surface area contributed by atoms with Crippen molar-refractivity contribution in [2.45, 2.75) is 6.92 Å². The predicted octanol–water partition coefficient (Wildman–Crippen LogP) is 2.69. The number of amides is 1. The van der Waals surface area contributed by atoms with Crippen molar-refractivity contribution in [3.05, 3.63) is 65.5 Å². The van der Waals surface area contributed by atoms with E-state index in [0.29, 0.717) is 12.1 Å². The van der Waals surface area contributed by atoms with E-state index in [1.165, 1.54) is 12.1 Å². The fourth-order valence-electron chi connectivity index (χ4n) is 3.10. The molecule has 132 valence electrons. The summed E-state index contributed by atoms with van der Waals surface area (Å²) < 4.78 is 13.0. The van der Waals surface area contributed by atoms with E-state index in [0.717, 1.165) is 44.0 Å². The van der Waals surface area contributed by atoms with Crippen molar-refractivity contribution in [1.82, 2.24) is 10.2 Å². The minimum absolute atomic E-state index is 0.0198. The molecule has 3 rings (SSSR count). The van der Waals surface area contributed by atoms with E-state index in [9.17, 15) is 9.18 Å². The fraction of sp³-hybridized carbons (Fsp3) is 0.350. The number of piperazine rings is 1. The largest absolute Gasteiger partial charge is 0.369 e. The molecule has 4 nitrogen and oxygen atoms in total. The number of anilines is 1. The smallest absolute Gasteiger partial charge is 0.251 e. The zero-order valence-electron chi connectivity index (χ0n) is 14.5. The highest BCUT2D eigenvalue weighted by Gasteiger charge is 2.17. The number of halogens is 1. The SMILES string of the molecule is Cc1cccc(C(=O)NCCN2CCN(c3ccc(F)cc3)CC2)c1. The second kappa shape index (κ2) is 8.12. The van der Waals surface area contributed by atoms with Gasteiger partial charge in [0.25, 0.3) is 5.91 Å². The maximum atomic E-state index is 13.0. The highest BCUT2D eigenvalue weighted by Crippen LogP contribution is 2.16. The molecule has 1 N–H and O–H groups in total. The zero-order valence-corrected chi connectivity index (χ0v) is 14.5. The van der Waals surface area contributed by atoms with Gasteiger partial charge in [0.2, 0.25) is 0 Å². The summed E-state index contributed by atoms with van der Waals surface area (Å²) in [6.07, 6.45) is 0. The van der Waals surface area contributed by atoms with Gasteiger partial charge in [-0.1, -0.05) is 17.7 Å². The topological polar surface area (TPSA) is 35.6 Å². The van der Waals surface area contributed by atoms with Crippen molar-refractivity contribution < 1.29 is 9.18 Å². The summed E-state index contributed by atoms with van der Waals surface area (Å²) in [6.45, 7) is 7.18. The molecule has 0 radical (unpaired) electrons. The minimum atomic E-state index is -0.202. The Bertz CT molecular complexity index is 709. The highest BCUT2D eigenvalue weighted by atomic mass is 19.1. The van der Waals surface area contributed by atoms with E-state index in [1.807, 2.05) is 43.3 Å². The summed E-state index contributed by atoms with van der Waals surface area (Å²) in [5.41, 5.74) is 2.86. The van der Waals surface area contributed by atoms with E-state index < -0.39 is 0 Å². The second-order valence-electron chi connectivity index (χ2n) is 6.43. The van der Waals surface area contributed by atoms with Gasteiger partial charge in [0, 0.05) is 50.5 Å². The molecule has 0 saturated carbocycles. The molecule has 0 unspecified atom stereocenters. The Morgan fingerprint density at radius 3 is 2.48 bits per heavy atom. The quantitative estimate of drug-likeness (QED) is 0.908. The van der Waals surface area contributed by atoms with Crippen molar-refractivity contribution in [2.75, 3.05) is 44.2 Å². The molecule has 0 bridgehead atoms. The Kier molecular flexibility index (Phi) is 5.66. The van der Waals surface area contributed by atoms with Gasteiger partial charge < -0.3 is 10.2 Å². The standard InChI is InChI=1S/C20H24FN3O/c1-16-3-2-4-17(15-16)20(25)22-9-10-23-11-13-24(14-12-23)19-7-5-18(21)6-8-19/h2-8,15H,9-14H2,1H3,(H,22,25). The molecule has 1 aliphatic heterocycles. The maximum absolute atomic E-state index is 13.0. The monoisotopic (exact) mass is 341 g/mol. The Balaban J connectivity index is 1.40. The third-order valence-corrected chi connectivity index (χ3v) is 4.56. The van der Waals surface area contributed by atoms with Crippen LogP contribution in [0.2, 0.25) is 0 Å². The van der Waals surface area contributed by atoms with E-state index in [4.69, 9.17) is 0 Å². The van der Waals surface area contributed by atoms with Crippen LogP contribution in [0.4, 0.5) is 10.1 Å². The van der Waals surface area contributed by atoms with Crippen LogP contribution in [0.25, 0.3) is 0 Å². The van der Waals surface area contributed by atoms with Crippen LogP contribution >= 0.6 is 0 Å². The number of carbonyl (C=O) groups is 1. The van der Waals surface area contributed by atoms with Crippen LogP contribution < -0.4 is 10.2 Å². The Hall–Kier alpha value is -2.40. The average molecular weight is 341 g/mol. The summed E-state index contributed by atoms with van der Waals surface area (Å²) in [5.74, 6) is -0.222. The van der Waals surface area contributed by atoms with E-state index in [1.54, 1.807) is 0 Å². The molecule has 0 spiro atoms. The van der Waals surface area contributed by atoms with Gasteiger partial charge in [0.05, 0.1) is 0 Å². The lowest BCUT2D eigenvalue weighted by molar-refractivity contribution is 0.0947. The molecule has 1 heterocycles. The summed E-state index contributed by atoms with van der Waals surface area (Å²) in [5, 5.41) is 2.99. The molecule has 1 saturated heterocycles. The van der Waals surface area contributed by atoms with Gasteiger partial charge in [-0.2, -0.15) is 0 Å². The number of nitrogens with one attached hydrogen (secondary N) is 1. The first-order valence-electron chi connectivity index (χ1n) is 8.69. The lowest BCUT2D eigenvalue weighted by Crippen LogP contribution is -2.48. The third-order valence-electron chi connectivity index (χ3n) is 4.56. The Morgan fingerprint density at radius 1 is 1.08 bits per heavy atom. The van der Waals surface area contributed by atoms with Gasteiger partial charge in [-0.25, -0.2) is 4.39 Å². The van der Waals surface area contributed by atoms with Crippen LogP contribution in [0.5, 0.6) is 0 Å². The number of carbonyl (C=O) groups excluding carboxylic acids is 1. The summed E-state index contributed by atoms with van der Waals surface area (Å²) in [6, 6.07) is 14.3. The average Bonchev–Trinajstić information content (AvgIpc) is 2.63. The lowest BCUT2D eigenvalue weighted by Gasteiger charge is -2.36. The van der Waals surface area contributed by atoms with Gasteiger partial charge in [0.1, 0.15) is 5.82 Å². The molecular weight excluding hydrogens is 317 g/mol. The molecule has 5 heteroatoms. The predicted molar refractivity (Wildman–Crippen MR) is 98.6 cm³/mol. The Morgan fingerprint density at radius 2 is 1.80 bits per heavy atom. The number of nitrogens with zero attached hydrogens (tertiary/aromatic N) is 2. The first-order valence-corrected chi connectivity index (χ1v) is 8.69. The summed E-state index contributed by atoms with van der Waals surface area (Å²) in [4.78, 5) is 16.7. The van der Waals surface area contributed by atoms with Crippen LogP contribution in [-0.2, 0) is 0 Å². The molecule has 2 aromatic rings. The summed E-state index contributed by atoms with van der Waals surface area (Å²) >= 11 is 0. The van der Waals surface area contributed by atoms with Crippen molar-refractivity contribution >= 4 is 11.6 Å². The Labute approximate surface area is 148 Å². The van der Waals surface area contributed by atoms with Crippen LogP contribution in [0, 0.1) is 12.7 Å². The fourth-order valence-corrected chi connectivity index (χ4v) is 3.10. The number of hydrogen-bond acceptors (Lipinski definition) is 3. The maximum Gasteiger partial charge on any atom is 0.251 e. The first-order chi connectivity index (χ1) is 12.1. The van der Waals surface area contributed by atoms with Crippen LogP contribution in [0.15, 0.2) is 48.5 Å². The molecule has 1 aliphatic rings. The molecule has 0 atom stereocenters. The van der Waals surface area contributed by atoms with Crippen molar-refractivity contribution in [1.29, 1.82) is 0 Å². The van der Waals surface area contributed by atoms with Crippen LogP contribution in [0.1, 0.15) is 15.9 Å². The minimum Gasteiger partial charge on any atom is -0.369 e. The van der Waals surface area contributed by atoms with Crippen molar-refractivity contribution in [3.63, 3.8) is 0 Å². The molecule has 2 aromatic carbocycles. The molecule has 0 aliphatic carbocycles. The van der Waals surface area contributed by atoms with Crippen molar-refractivity contribution in [2.24, 2.45) is 0 Å². The number of rotatable bonds is 5. The number of aryl methyl sites for hydroxylation is 1. The molecular formula is C20H24FN3O. The van der Waals surface area contributed by atoms with Gasteiger partial charge in [0.15, 0.2) is 0 Å². The van der Waals surface area contributed by atoms with Crippen LogP contribution in [-0.4, -0.2) is 50.1 Å². The number of benzene rings is 2. The lowest BCUT2D eigenvalue weighted by atomic mass is 10.1. The van der Waals surface area contributed by atoms with Gasteiger partial charge in [-0.05, 0) is 43.3 Å². The van der Waals surface area contributed by atoms with E-state index in [-0.39, 0.29) is 11.7 Å². The van der Waals surface area contributed by atoms with Crippen LogP contribution in [0.3, 0.4) is 0 Å². The third kappa shape index (κ3) is 4.79. The molecule has 25 heavy (non-hydrogen) atoms. The van der Waals surface area contributed by atoms with Gasteiger partial charge >= 0.3 is 0 Å². The summed E-state index contributed by atoms with van der Waals surface area (Å²) in [7, 11) is 0. The molecule has 0 aromatic heterocycles. The number of hydrogen-bond donors (Lipinski definition) is 1. The highest BCUT2D eigenvalue weighted by molar-refractivity contribution is 5.94. The first kappa shape index (κ1) is 17.4. The molecule has 1 amide bonds. The second-order valence-corrected chi connectivity index (χ2v) is 6.43. The van der Waals surface area contributed by atoms with Gasteiger partial charge in [-0.3, -0.25) is 9.69 Å². The normalized spacial score (nSPS) is 15.2. The van der Waals surface area contributed by atoms with E-state index in [2.05, 4.69) is 15.1 Å².